The second-order valence-corrected chi connectivity index (χ2v) is 6.52. The molecule has 140 valence electrons. The highest BCUT2D eigenvalue weighted by Gasteiger charge is 2.22. The zero-order valence-corrected chi connectivity index (χ0v) is 15.2. The van der Waals surface area contributed by atoms with Gasteiger partial charge in [-0.2, -0.15) is 5.21 Å². The van der Waals surface area contributed by atoms with E-state index in [0.717, 1.165) is 17.7 Å². The molecule has 0 radical (unpaired) electrons. The number of aryl methyl sites for hydroxylation is 1. The van der Waals surface area contributed by atoms with Crippen molar-refractivity contribution in [3.63, 3.8) is 0 Å². The minimum absolute atomic E-state index is 0.110. The largest absolute Gasteiger partial charge is 0.342 e. The van der Waals surface area contributed by atoms with Crippen molar-refractivity contribution in [2.24, 2.45) is 0 Å². The summed E-state index contributed by atoms with van der Waals surface area (Å²) in [6, 6.07) is 7.43. The molecule has 0 unspecified atom stereocenters. The lowest BCUT2D eigenvalue weighted by molar-refractivity contribution is -0.121. The Morgan fingerprint density at radius 2 is 1.96 bits per heavy atom. The van der Waals surface area contributed by atoms with Crippen LogP contribution in [0, 0.1) is 11.6 Å². The molecule has 27 heavy (non-hydrogen) atoms. The number of nitrogens with zero attached hydrogens (tertiary/aromatic N) is 3. The van der Waals surface area contributed by atoms with E-state index in [0.29, 0.717) is 16.5 Å². The van der Waals surface area contributed by atoms with Crippen LogP contribution in [-0.4, -0.2) is 26.5 Å². The molecule has 1 heterocycles. The quantitative estimate of drug-likeness (QED) is 0.648. The summed E-state index contributed by atoms with van der Waals surface area (Å²) in [5.74, 6) is -2.25. The SMILES string of the molecule is O=C(CCc1ccc(Cl)cc1Cl)N[C@@H](c1ccc(F)c(F)c1)c1nn[nH]n1. The smallest absolute Gasteiger partial charge is 0.221 e. The van der Waals surface area contributed by atoms with Crippen LogP contribution in [-0.2, 0) is 11.2 Å². The molecule has 2 N–H and O–H groups in total. The average molecular weight is 412 g/mol. The van der Waals surface area contributed by atoms with Gasteiger partial charge in [0.05, 0.1) is 0 Å². The molecule has 0 fully saturated rings. The lowest BCUT2D eigenvalue weighted by Crippen LogP contribution is -2.30. The van der Waals surface area contributed by atoms with Gasteiger partial charge >= 0.3 is 0 Å². The lowest BCUT2D eigenvalue weighted by Gasteiger charge is -2.16. The zero-order valence-electron chi connectivity index (χ0n) is 13.7. The van der Waals surface area contributed by atoms with Crippen molar-refractivity contribution < 1.29 is 13.6 Å². The fraction of sp³-hybridized carbons (Fsp3) is 0.176. The number of H-pyrrole nitrogens is 1. The third-order valence-electron chi connectivity index (χ3n) is 3.84. The second kappa shape index (κ2) is 8.41. The first-order valence-corrected chi connectivity index (χ1v) is 8.61. The number of hydrogen-bond donors (Lipinski definition) is 2. The summed E-state index contributed by atoms with van der Waals surface area (Å²) in [4.78, 5) is 12.4. The monoisotopic (exact) mass is 411 g/mol. The van der Waals surface area contributed by atoms with Gasteiger partial charge in [-0.1, -0.05) is 40.5 Å². The van der Waals surface area contributed by atoms with Crippen molar-refractivity contribution in [2.75, 3.05) is 0 Å². The van der Waals surface area contributed by atoms with Gasteiger partial charge in [-0.15, -0.1) is 10.2 Å². The average Bonchev–Trinajstić information content (AvgIpc) is 3.16. The Morgan fingerprint density at radius 1 is 1.15 bits per heavy atom. The number of amides is 1. The number of carbonyl (C=O) groups excluding carboxylic acids is 1. The molecule has 0 aliphatic carbocycles. The number of aromatic nitrogens is 4. The summed E-state index contributed by atoms with van der Waals surface area (Å²) < 4.78 is 26.8. The van der Waals surface area contributed by atoms with Gasteiger partial charge in [-0.05, 0) is 41.8 Å². The molecule has 0 aliphatic heterocycles. The van der Waals surface area contributed by atoms with E-state index >= 15 is 0 Å². The molecule has 3 aromatic rings. The van der Waals surface area contributed by atoms with Gasteiger partial charge in [0, 0.05) is 16.5 Å². The Morgan fingerprint density at radius 3 is 2.63 bits per heavy atom. The first-order valence-electron chi connectivity index (χ1n) is 7.85. The Balaban J connectivity index is 1.74. The molecular weight excluding hydrogens is 399 g/mol. The highest BCUT2D eigenvalue weighted by Crippen LogP contribution is 2.23. The van der Waals surface area contributed by atoms with Crippen LogP contribution < -0.4 is 5.32 Å². The number of halogens is 4. The summed E-state index contributed by atoms with van der Waals surface area (Å²) >= 11 is 12.0. The van der Waals surface area contributed by atoms with Crippen LogP contribution in [0.5, 0.6) is 0 Å². The molecule has 10 heteroatoms. The fourth-order valence-corrected chi connectivity index (χ4v) is 2.99. The van der Waals surface area contributed by atoms with Crippen molar-refractivity contribution in [3.05, 3.63) is 75.0 Å². The Bertz CT molecular complexity index is 953. The van der Waals surface area contributed by atoms with E-state index in [1.807, 2.05) is 0 Å². The summed E-state index contributed by atoms with van der Waals surface area (Å²) in [6.45, 7) is 0. The topological polar surface area (TPSA) is 83.6 Å². The summed E-state index contributed by atoms with van der Waals surface area (Å²) in [7, 11) is 0. The molecule has 2 aromatic carbocycles. The van der Waals surface area contributed by atoms with Gasteiger partial charge in [0.25, 0.3) is 0 Å². The molecule has 0 saturated heterocycles. The number of benzene rings is 2. The normalized spacial score (nSPS) is 12.0. The third kappa shape index (κ3) is 4.78. The van der Waals surface area contributed by atoms with Crippen LogP contribution in [0.2, 0.25) is 10.0 Å². The maximum absolute atomic E-state index is 13.6. The van der Waals surface area contributed by atoms with Crippen LogP contribution in [0.1, 0.15) is 29.4 Å². The van der Waals surface area contributed by atoms with Crippen LogP contribution in [0.4, 0.5) is 8.78 Å². The second-order valence-electron chi connectivity index (χ2n) is 5.68. The van der Waals surface area contributed by atoms with Crippen molar-refractivity contribution in [1.82, 2.24) is 25.9 Å². The molecule has 0 spiro atoms. The van der Waals surface area contributed by atoms with E-state index in [9.17, 15) is 13.6 Å². The van der Waals surface area contributed by atoms with Crippen LogP contribution in [0.25, 0.3) is 0 Å². The molecule has 0 saturated carbocycles. The maximum Gasteiger partial charge on any atom is 0.221 e. The Kier molecular flexibility index (Phi) is 5.98. The van der Waals surface area contributed by atoms with Gasteiger partial charge in [0.2, 0.25) is 11.7 Å². The Labute approximate surface area is 162 Å². The standard InChI is InChI=1S/C17H13Cl2F2N5O/c18-11-4-1-9(12(19)8-11)3-6-15(27)22-16(17-23-25-26-24-17)10-2-5-13(20)14(21)7-10/h1-2,4-5,7-8,16H,3,6H2,(H,22,27)(H,23,24,25,26)/t16-/m0/s1. The van der Waals surface area contributed by atoms with E-state index < -0.39 is 17.7 Å². The number of carbonyl (C=O) groups is 1. The van der Waals surface area contributed by atoms with Gasteiger partial charge in [0.1, 0.15) is 6.04 Å². The highest BCUT2D eigenvalue weighted by molar-refractivity contribution is 6.35. The molecule has 0 aliphatic rings. The number of tetrazole rings is 1. The fourth-order valence-electron chi connectivity index (χ4n) is 2.49. The minimum Gasteiger partial charge on any atom is -0.342 e. The number of hydrogen-bond acceptors (Lipinski definition) is 4. The predicted molar refractivity (Wildman–Crippen MR) is 95.3 cm³/mol. The van der Waals surface area contributed by atoms with E-state index in [1.54, 1.807) is 18.2 Å². The lowest BCUT2D eigenvalue weighted by atomic mass is 10.0. The predicted octanol–water partition coefficient (Wildman–Crippen LogP) is 3.62. The number of nitrogens with one attached hydrogen (secondary N) is 2. The van der Waals surface area contributed by atoms with Crippen molar-refractivity contribution >= 4 is 29.1 Å². The molecular formula is C17H13Cl2F2N5O. The van der Waals surface area contributed by atoms with Gasteiger partial charge < -0.3 is 5.32 Å². The van der Waals surface area contributed by atoms with Gasteiger partial charge in [0.15, 0.2) is 11.6 Å². The molecule has 6 nitrogen and oxygen atoms in total. The first kappa shape index (κ1) is 19.2. The minimum atomic E-state index is -1.04. The number of rotatable bonds is 6. The Hall–Kier alpha value is -2.58. The molecule has 1 atom stereocenters. The first-order chi connectivity index (χ1) is 12.9. The van der Waals surface area contributed by atoms with Crippen molar-refractivity contribution in [2.45, 2.75) is 18.9 Å². The highest BCUT2D eigenvalue weighted by atomic mass is 35.5. The third-order valence-corrected chi connectivity index (χ3v) is 4.43. The van der Waals surface area contributed by atoms with Crippen LogP contribution in [0.15, 0.2) is 36.4 Å². The van der Waals surface area contributed by atoms with Gasteiger partial charge in [-0.3, -0.25) is 4.79 Å². The van der Waals surface area contributed by atoms with Crippen molar-refractivity contribution in [1.29, 1.82) is 0 Å². The van der Waals surface area contributed by atoms with E-state index in [1.165, 1.54) is 6.07 Å². The van der Waals surface area contributed by atoms with E-state index in [2.05, 4.69) is 25.9 Å². The van der Waals surface area contributed by atoms with Gasteiger partial charge in [-0.25, -0.2) is 8.78 Å². The zero-order chi connectivity index (χ0) is 19.4. The molecule has 0 bridgehead atoms. The molecule has 3 rings (SSSR count). The number of aromatic amines is 1. The molecule has 1 amide bonds. The van der Waals surface area contributed by atoms with Crippen LogP contribution in [0.3, 0.4) is 0 Å². The molecule has 1 aromatic heterocycles. The summed E-state index contributed by atoms with van der Waals surface area (Å²) in [5.41, 5.74) is 1.05. The van der Waals surface area contributed by atoms with E-state index in [4.69, 9.17) is 23.2 Å². The van der Waals surface area contributed by atoms with Crippen LogP contribution >= 0.6 is 23.2 Å². The van der Waals surface area contributed by atoms with Crippen molar-refractivity contribution in [3.8, 4) is 0 Å². The summed E-state index contributed by atoms with van der Waals surface area (Å²) in [5, 5.41) is 17.0. The summed E-state index contributed by atoms with van der Waals surface area (Å²) in [6.07, 6.45) is 0.484. The maximum atomic E-state index is 13.6. The van der Waals surface area contributed by atoms with E-state index in [-0.39, 0.29) is 23.7 Å².